The van der Waals surface area contributed by atoms with Crippen LogP contribution in [0, 0.1) is 0 Å². The zero-order valence-corrected chi connectivity index (χ0v) is 14.4. The van der Waals surface area contributed by atoms with E-state index in [0.717, 1.165) is 18.5 Å². The van der Waals surface area contributed by atoms with Gasteiger partial charge in [-0.1, -0.05) is 56.4 Å². The second-order valence-corrected chi connectivity index (χ2v) is 7.22. The molecule has 1 aromatic carbocycles. The van der Waals surface area contributed by atoms with Crippen LogP contribution in [0.3, 0.4) is 0 Å². The number of rotatable bonds is 5. The van der Waals surface area contributed by atoms with Crippen LogP contribution in [0.5, 0.6) is 0 Å². The van der Waals surface area contributed by atoms with E-state index in [1.54, 1.807) is 0 Å². The molecule has 1 aromatic heterocycles. The van der Waals surface area contributed by atoms with E-state index in [2.05, 4.69) is 66.9 Å². The molecule has 0 aliphatic rings. The van der Waals surface area contributed by atoms with Gasteiger partial charge in [0.1, 0.15) is 0 Å². The van der Waals surface area contributed by atoms with Gasteiger partial charge in [0.2, 0.25) is 0 Å². The van der Waals surface area contributed by atoms with Gasteiger partial charge in [-0.2, -0.15) is 0 Å². The van der Waals surface area contributed by atoms with Gasteiger partial charge < -0.3 is 5.32 Å². The lowest BCUT2D eigenvalue weighted by Gasteiger charge is -2.20. The fourth-order valence-electron chi connectivity index (χ4n) is 2.43. The average Bonchev–Trinajstić information content (AvgIpc) is 2.92. The van der Waals surface area contributed by atoms with Gasteiger partial charge >= 0.3 is 0 Å². The molecule has 0 bridgehead atoms. The molecule has 1 unspecified atom stereocenters. The van der Waals surface area contributed by atoms with Crippen LogP contribution in [0.25, 0.3) is 0 Å². The summed E-state index contributed by atoms with van der Waals surface area (Å²) in [5.41, 5.74) is 4.04. The van der Waals surface area contributed by atoms with E-state index in [1.165, 1.54) is 27.5 Å². The zero-order valence-electron chi connectivity index (χ0n) is 13.6. The largest absolute Gasteiger partial charge is 0.312 e. The second kappa shape index (κ2) is 6.67. The van der Waals surface area contributed by atoms with Crippen molar-refractivity contribution in [3.05, 3.63) is 46.0 Å². The number of aryl methyl sites for hydroxylation is 1. The van der Waals surface area contributed by atoms with E-state index in [4.69, 9.17) is 0 Å². The second-order valence-electron chi connectivity index (χ2n) is 6.43. The molecule has 0 spiro atoms. The van der Waals surface area contributed by atoms with E-state index in [1.807, 2.05) is 7.05 Å². The van der Waals surface area contributed by atoms with Crippen LogP contribution >= 0.6 is 11.5 Å². The predicted molar refractivity (Wildman–Crippen MR) is 89.9 cm³/mol. The Morgan fingerprint density at radius 3 is 2.38 bits per heavy atom. The topological polar surface area (TPSA) is 37.8 Å². The number of hydrogen-bond acceptors (Lipinski definition) is 4. The molecule has 0 fully saturated rings. The molecule has 0 radical (unpaired) electrons. The molecule has 0 aliphatic heterocycles. The number of nitrogens with zero attached hydrogens (tertiary/aromatic N) is 2. The first kappa shape index (κ1) is 16.1. The van der Waals surface area contributed by atoms with Crippen molar-refractivity contribution in [1.29, 1.82) is 0 Å². The van der Waals surface area contributed by atoms with Crippen molar-refractivity contribution in [2.75, 3.05) is 7.05 Å². The molecule has 0 aliphatic carbocycles. The van der Waals surface area contributed by atoms with Crippen molar-refractivity contribution in [3.8, 4) is 0 Å². The van der Waals surface area contributed by atoms with E-state index < -0.39 is 0 Å². The Bertz CT molecular complexity index is 566. The summed E-state index contributed by atoms with van der Waals surface area (Å²) in [4.78, 5) is 1.26. The van der Waals surface area contributed by atoms with Crippen LogP contribution in [-0.4, -0.2) is 16.6 Å². The number of nitrogens with one attached hydrogen (secondary N) is 1. The standard InChI is InChI=1S/C17H25N3S/c1-6-14-16(21-20-19-14)15(18-5)11-12-7-9-13(10-8-12)17(2,3)4/h7-10,15,18H,6,11H2,1-5H3. The zero-order chi connectivity index (χ0) is 15.5. The molecule has 0 saturated heterocycles. The van der Waals surface area contributed by atoms with Gasteiger partial charge in [0.05, 0.1) is 10.6 Å². The number of hydrogen-bond donors (Lipinski definition) is 1. The first-order valence-electron chi connectivity index (χ1n) is 7.53. The summed E-state index contributed by atoms with van der Waals surface area (Å²) in [7, 11) is 2.01. The van der Waals surface area contributed by atoms with Gasteiger partial charge in [0.25, 0.3) is 0 Å². The third kappa shape index (κ3) is 3.89. The van der Waals surface area contributed by atoms with E-state index in [0.29, 0.717) is 6.04 Å². The Morgan fingerprint density at radius 1 is 1.19 bits per heavy atom. The maximum atomic E-state index is 4.22. The predicted octanol–water partition coefficient (Wildman–Crippen LogP) is 3.90. The maximum absolute atomic E-state index is 4.22. The van der Waals surface area contributed by atoms with Crippen LogP contribution in [-0.2, 0) is 18.3 Å². The van der Waals surface area contributed by atoms with Gasteiger partial charge in [-0.25, -0.2) is 0 Å². The molecule has 0 saturated carbocycles. The Labute approximate surface area is 132 Å². The third-order valence-electron chi connectivity index (χ3n) is 3.84. The van der Waals surface area contributed by atoms with Crippen molar-refractivity contribution in [1.82, 2.24) is 14.9 Å². The average molecular weight is 303 g/mol. The minimum Gasteiger partial charge on any atom is -0.312 e. The van der Waals surface area contributed by atoms with Crippen molar-refractivity contribution < 1.29 is 0 Å². The molecule has 1 heterocycles. The highest BCUT2D eigenvalue weighted by atomic mass is 32.1. The molecule has 114 valence electrons. The molecule has 0 amide bonds. The lowest BCUT2D eigenvalue weighted by Crippen LogP contribution is -2.19. The highest BCUT2D eigenvalue weighted by molar-refractivity contribution is 7.05. The lowest BCUT2D eigenvalue weighted by atomic mass is 9.86. The highest BCUT2D eigenvalue weighted by Gasteiger charge is 2.18. The minimum atomic E-state index is 0.206. The summed E-state index contributed by atoms with van der Waals surface area (Å²) in [6.07, 6.45) is 1.91. The van der Waals surface area contributed by atoms with Crippen molar-refractivity contribution >= 4 is 11.5 Å². The normalized spacial score (nSPS) is 13.4. The van der Waals surface area contributed by atoms with Gasteiger partial charge in [-0.05, 0) is 48.0 Å². The third-order valence-corrected chi connectivity index (χ3v) is 4.72. The van der Waals surface area contributed by atoms with Gasteiger partial charge in [-0.3, -0.25) is 0 Å². The fraction of sp³-hybridized carbons (Fsp3) is 0.529. The van der Waals surface area contributed by atoms with Gasteiger partial charge in [-0.15, -0.1) is 5.10 Å². The Morgan fingerprint density at radius 2 is 1.86 bits per heavy atom. The molecule has 1 N–H and O–H groups in total. The molecule has 1 atom stereocenters. The Hall–Kier alpha value is -1.26. The summed E-state index contributed by atoms with van der Waals surface area (Å²) in [6.45, 7) is 8.86. The van der Waals surface area contributed by atoms with Crippen LogP contribution in [0.15, 0.2) is 24.3 Å². The van der Waals surface area contributed by atoms with Crippen LogP contribution in [0.2, 0.25) is 0 Å². The fourth-order valence-corrected chi connectivity index (χ4v) is 3.27. The molecular weight excluding hydrogens is 278 g/mol. The molecule has 4 heteroatoms. The maximum Gasteiger partial charge on any atom is 0.0801 e. The quantitative estimate of drug-likeness (QED) is 0.910. The molecule has 2 aromatic rings. The van der Waals surface area contributed by atoms with E-state index in [9.17, 15) is 0 Å². The van der Waals surface area contributed by atoms with Crippen molar-refractivity contribution in [2.45, 2.75) is 52.0 Å². The van der Waals surface area contributed by atoms with E-state index >= 15 is 0 Å². The van der Waals surface area contributed by atoms with Gasteiger partial charge in [0, 0.05) is 6.04 Å². The first-order chi connectivity index (χ1) is 9.95. The lowest BCUT2D eigenvalue weighted by molar-refractivity contribution is 0.584. The van der Waals surface area contributed by atoms with Crippen LogP contribution in [0.1, 0.15) is 55.4 Å². The van der Waals surface area contributed by atoms with E-state index in [-0.39, 0.29) is 5.41 Å². The summed E-state index contributed by atoms with van der Waals surface area (Å²) >= 11 is 1.51. The molecule has 2 rings (SSSR count). The smallest absolute Gasteiger partial charge is 0.0801 e. The summed E-state index contributed by atoms with van der Waals surface area (Å²) in [5.74, 6) is 0. The highest BCUT2D eigenvalue weighted by Crippen LogP contribution is 2.26. The van der Waals surface area contributed by atoms with Crippen molar-refractivity contribution in [3.63, 3.8) is 0 Å². The molecular formula is C17H25N3S. The summed E-state index contributed by atoms with van der Waals surface area (Å²) in [6, 6.07) is 9.26. The molecule has 3 nitrogen and oxygen atoms in total. The Kier molecular flexibility index (Phi) is 5.12. The minimum absolute atomic E-state index is 0.206. The Balaban J connectivity index is 2.16. The number of benzene rings is 1. The van der Waals surface area contributed by atoms with Crippen LogP contribution < -0.4 is 5.32 Å². The van der Waals surface area contributed by atoms with Gasteiger partial charge in [0.15, 0.2) is 0 Å². The monoisotopic (exact) mass is 303 g/mol. The molecule has 21 heavy (non-hydrogen) atoms. The SMILES string of the molecule is CCc1nnsc1C(Cc1ccc(C(C)(C)C)cc1)NC. The van der Waals surface area contributed by atoms with Crippen LogP contribution in [0.4, 0.5) is 0 Å². The number of aromatic nitrogens is 2. The first-order valence-corrected chi connectivity index (χ1v) is 8.30. The van der Waals surface area contributed by atoms with Crippen molar-refractivity contribution in [2.24, 2.45) is 0 Å². The summed E-state index contributed by atoms with van der Waals surface area (Å²) in [5, 5.41) is 7.62. The number of likely N-dealkylation sites (N-methyl/N-ethyl adjacent to an activating group) is 1. The summed E-state index contributed by atoms with van der Waals surface area (Å²) < 4.78 is 4.10.